The average molecular weight is 356 g/mol. The van der Waals surface area contributed by atoms with E-state index in [2.05, 4.69) is 20.2 Å². The van der Waals surface area contributed by atoms with Crippen LogP contribution in [0.4, 0.5) is 5.95 Å². The summed E-state index contributed by atoms with van der Waals surface area (Å²) in [5.41, 5.74) is 0.888. The van der Waals surface area contributed by atoms with Crippen LogP contribution in [-0.4, -0.2) is 43.2 Å². The molecule has 1 fully saturated rings. The molecule has 138 valence electrons. The summed E-state index contributed by atoms with van der Waals surface area (Å²) >= 11 is 0. The number of hydrogen-bond acceptors (Lipinski definition) is 6. The molecular weight excluding hydrogens is 332 g/mol. The maximum atomic E-state index is 12.7. The number of carbonyl (C=O) groups is 1. The first-order chi connectivity index (χ1) is 12.7. The van der Waals surface area contributed by atoms with E-state index in [4.69, 9.17) is 9.47 Å². The van der Waals surface area contributed by atoms with Gasteiger partial charge in [0.2, 0.25) is 11.9 Å². The maximum Gasteiger partial charge on any atom is 0.225 e. The number of carbonyl (C=O) groups excluding carboxylic acids is 1. The summed E-state index contributed by atoms with van der Waals surface area (Å²) in [5.74, 6) is 1.95. The Labute approximate surface area is 153 Å². The second kappa shape index (κ2) is 8.51. The molecule has 1 aromatic heterocycles. The van der Waals surface area contributed by atoms with Crippen LogP contribution in [-0.2, 0) is 11.3 Å². The highest BCUT2D eigenvalue weighted by molar-refractivity contribution is 5.79. The fourth-order valence-electron chi connectivity index (χ4n) is 3.25. The van der Waals surface area contributed by atoms with Crippen molar-refractivity contribution in [3.05, 3.63) is 42.2 Å². The number of para-hydroxylation sites is 1. The van der Waals surface area contributed by atoms with Crippen molar-refractivity contribution >= 4 is 11.9 Å². The molecule has 0 bridgehead atoms. The molecule has 1 aromatic carbocycles. The van der Waals surface area contributed by atoms with Crippen LogP contribution in [0.2, 0.25) is 0 Å². The third-order valence-electron chi connectivity index (χ3n) is 4.56. The Morgan fingerprint density at radius 2 is 2.04 bits per heavy atom. The Bertz CT molecular complexity index is 739. The Hall–Kier alpha value is -2.83. The van der Waals surface area contributed by atoms with Gasteiger partial charge in [0.15, 0.2) is 11.5 Å². The number of ether oxygens (including phenoxy) is 2. The van der Waals surface area contributed by atoms with Crippen molar-refractivity contribution in [2.24, 2.45) is 5.92 Å². The number of rotatable bonds is 6. The molecular formula is C19H24N4O3. The molecule has 1 amide bonds. The minimum absolute atomic E-state index is 0.0375. The van der Waals surface area contributed by atoms with Gasteiger partial charge in [0.1, 0.15) is 0 Å². The summed E-state index contributed by atoms with van der Waals surface area (Å²) in [4.78, 5) is 23.3. The van der Waals surface area contributed by atoms with Gasteiger partial charge in [-0.3, -0.25) is 4.79 Å². The van der Waals surface area contributed by atoms with Gasteiger partial charge in [-0.15, -0.1) is 0 Å². The number of aromatic nitrogens is 2. The van der Waals surface area contributed by atoms with Crippen LogP contribution in [0.25, 0.3) is 0 Å². The largest absolute Gasteiger partial charge is 0.493 e. The molecule has 2 heterocycles. The minimum atomic E-state index is -0.0795. The molecule has 3 rings (SSSR count). The van der Waals surface area contributed by atoms with E-state index in [1.165, 1.54) is 0 Å². The highest BCUT2D eigenvalue weighted by Gasteiger charge is 2.27. The van der Waals surface area contributed by atoms with Crippen molar-refractivity contribution in [1.29, 1.82) is 0 Å². The number of methoxy groups -OCH3 is 2. The van der Waals surface area contributed by atoms with Crippen molar-refractivity contribution in [1.82, 2.24) is 15.3 Å². The molecule has 1 atom stereocenters. The Kier molecular flexibility index (Phi) is 5.88. The normalized spacial score (nSPS) is 16.8. The molecule has 0 radical (unpaired) electrons. The highest BCUT2D eigenvalue weighted by Crippen LogP contribution is 2.30. The van der Waals surface area contributed by atoms with Gasteiger partial charge >= 0.3 is 0 Å². The topological polar surface area (TPSA) is 76.6 Å². The van der Waals surface area contributed by atoms with Crippen molar-refractivity contribution in [2.75, 3.05) is 32.2 Å². The molecule has 1 aliphatic rings. The van der Waals surface area contributed by atoms with E-state index in [1.54, 1.807) is 32.7 Å². The Morgan fingerprint density at radius 3 is 2.77 bits per heavy atom. The smallest absolute Gasteiger partial charge is 0.225 e. The van der Waals surface area contributed by atoms with Crippen LogP contribution in [0, 0.1) is 5.92 Å². The van der Waals surface area contributed by atoms with Crippen LogP contribution in [0.1, 0.15) is 18.4 Å². The second-order valence-corrected chi connectivity index (χ2v) is 6.20. The molecule has 1 aliphatic heterocycles. The molecule has 7 nitrogen and oxygen atoms in total. The van der Waals surface area contributed by atoms with E-state index in [-0.39, 0.29) is 11.8 Å². The number of piperidine rings is 1. The predicted molar refractivity (Wildman–Crippen MR) is 98.4 cm³/mol. The molecule has 1 unspecified atom stereocenters. The molecule has 1 N–H and O–H groups in total. The van der Waals surface area contributed by atoms with Crippen LogP contribution in [0.15, 0.2) is 36.7 Å². The molecule has 0 saturated carbocycles. The van der Waals surface area contributed by atoms with Crippen molar-refractivity contribution in [3.8, 4) is 11.5 Å². The molecule has 0 aliphatic carbocycles. The Morgan fingerprint density at radius 1 is 1.23 bits per heavy atom. The lowest BCUT2D eigenvalue weighted by Crippen LogP contribution is -2.43. The predicted octanol–water partition coefficient (Wildman–Crippen LogP) is 2.03. The number of amides is 1. The third-order valence-corrected chi connectivity index (χ3v) is 4.56. The van der Waals surface area contributed by atoms with Crippen molar-refractivity contribution < 1.29 is 14.3 Å². The lowest BCUT2D eigenvalue weighted by molar-refractivity contribution is -0.125. The van der Waals surface area contributed by atoms with Gasteiger partial charge in [-0.25, -0.2) is 9.97 Å². The van der Waals surface area contributed by atoms with Gasteiger partial charge in [0.05, 0.1) is 20.1 Å². The maximum absolute atomic E-state index is 12.7. The lowest BCUT2D eigenvalue weighted by Gasteiger charge is -2.32. The summed E-state index contributed by atoms with van der Waals surface area (Å²) in [7, 11) is 3.20. The summed E-state index contributed by atoms with van der Waals surface area (Å²) < 4.78 is 10.7. The average Bonchev–Trinajstić information content (AvgIpc) is 2.72. The number of nitrogens with zero attached hydrogens (tertiary/aromatic N) is 3. The van der Waals surface area contributed by atoms with Crippen LogP contribution in [0.3, 0.4) is 0 Å². The number of anilines is 1. The van der Waals surface area contributed by atoms with Gasteiger partial charge in [-0.1, -0.05) is 12.1 Å². The van der Waals surface area contributed by atoms with Gasteiger partial charge in [-0.05, 0) is 25.0 Å². The first kappa shape index (κ1) is 18.0. The van der Waals surface area contributed by atoms with Crippen LogP contribution < -0.4 is 19.7 Å². The van der Waals surface area contributed by atoms with E-state index in [9.17, 15) is 4.79 Å². The first-order valence-electron chi connectivity index (χ1n) is 8.72. The summed E-state index contributed by atoms with van der Waals surface area (Å²) in [6.07, 6.45) is 5.26. The van der Waals surface area contributed by atoms with Crippen molar-refractivity contribution in [3.63, 3.8) is 0 Å². The third kappa shape index (κ3) is 4.04. The first-order valence-corrected chi connectivity index (χ1v) is 8.72. The second-order valence-electron chi connectivity index (χ2n) is 6.20. The molecule has 7 heteroatoms. The zero-order valence-electron chi connectivity index (χ0n) is 15.1. The fraction of sp³-hybridized carbons (Fsp3) is 0.421. The van der Waals surface area contributed by atoms with Crippen molar-refractivity contribution in [2.45, 2.75) is 19.4 Å². The highest BCUT2D eigenvalue weighted by atomic mass is 16.5. The van der Waals surface area contributed by atoms with Gasteiger partial charge in [-0.2, -0.15) is 0 Å². The molecule has 26 heavy (non-hydrogen) atoms. The molecule has 2 aromatic rings. The van der Waals surface area contributed by atoms with E-state index in [0.717, 1.165) is 24.9 Å². The Balaban J connectivity index is 1.62. The summed E-state index contributed by atoms with van der Waals surface area (Å²) in [5, 5.41) is 3.02. The van der Waals surface area contributed by atoms with Crippen LogP contribution >= 0.6 is 0 Å². The SMILES string of the molecule is COc1cccc(CNC(=O)C2CCCN(c3ncccn3)C2)c1OC. The monoisotopic (exact) mass is 356 g/mol. The van der Waals surface area contributed by atoms with Crippen LogP contribution in [0.5, 0.6) is 11.5 Å². The number of nitrogens with one attached hydrogen (secondary N) is 1. The summed E-state index contributed by atoms with van der Waals surface area (Å²) in [6.45, 7) is 1.90. The van der Waals surface area contributed by atoms with E-state index < -0.39 is 0 Å². The standard InChI is InChI=1S/C19H24N4O3/c1-25-16-8-3-6-14(17(16)26-2)12-22-18(24)15-7-4-11-23(13-15)19-20-9-5-10-21-19/h3,5-6,8-10,15H,4,7,11-13H2,1-2H3,(H,22,24). The quantitative estimate of drug-likeness (QED) is 0.853. The number of benzene rings is 1. The van der Waals surface area contributed by atoms with Gasteiger partial charge < -0.3 is 19.7 Å². The minimum Gasteiger partial charge on any atom is -0.493 e. The zero-order chi connectivity index (χ0) is 18.4. The molecule has 1 saturated heterocycles. The summed E-state index contributed by atoms with van der Waals surface area (Å²) in [6, 6.07) is 7.44. The van der Waals surface area contributed by atoms with E-state index in [1.807, 2.05) is 18.2 Å². The number of hydrogen-bond donors (Lipinski definition) is 1. The van der Waals surface area contributed by atoms with E-state index >= 15 is 0 Å². The van der Waals surface area contributed by atoms with Gasteiger partial charge in [0, 0.05) is 37.6 Å². The van der Waals surface area contributed by atoms with E-state index in [0.29, 0.717) is 30.5 Å². The lowest BCUT2D eigenvalue weighted by atomic mass is 9.97. The molecule has 0 spiro atoms. The fourth-order valence-corrected chi connectivity index (χ4v) is 3.25. The van der Waals surface area contributed by atoms with Gasteiger partial charge in [0.25, 0.3) is 0 Å². The zero-order valence-corrected chi connectivity index (χ0v) is 15.1.